The van der Waals surface area contributed by atoms with Gasteiger partial charge in [-0.2, -0.15) is 0 Å². The van der Waals surface area contributed by atoms with Crippen molar-refractivity contribution in [1.29, 1.82) is 0 Å². The van der Waals surface area contributed by atoms with Crippen LogP contribution < -0.4 is 5.73 Å². The number of piperidine rings is 1. The number of likely N-dealkylation sites (tertiary alicyclic amines) is 1. The number of nitrogens with two attached hydrogens (primary N) is 1. The first-order valence-electron chi connectivity index (χ1n) is 4.99. The van der Waals surface area contributed by atoms with E-state index in [0.717, 1.165) is 19.6 Å². The van der Waals surface area contributed by atoms with Gasteiger partial charge in [-0.05, 0) is 0 Å². The fourth-order valence-corrected chi connectivity index (χ4v) is 2.38. The van der Waals surface area contributed by atoms with Gasteiger partial charge in [-0.1, -0.05) is 0 Å². The molecule has 0 amide bonds. The van der Waals surface area contributed by atoms with Gasteiger partial charge in [0, 0.05) is 38.0 Å². The molecule has 2 rings (SSSR count). The van der Waals surface area contributed by atoms with E-state index in [0.29, 0.717) is 31.6 Å². The SMILES string of the molecule is NCCN1CC2COCC(C1)C2O. The molecule has 13 heavy (non-hydrogen) atoms. The highest BCUT2D eigenvalue weighted by molar-refractivity contribution is 4.89. The Hall–Kier alpha value is -0.160. The highest BCUT2D eigenvalue weighted by atomic mass is 16.5. The Balaban J connectivity index is 1.95. The Morgan fingerprint density at radius 2 is 1.92 bits per heavy atom. The predicted octanol–water partition coefficient (Wildman–Crippen LogP) is -1.12. The zero-order chi connectivity index (χ0) is 9.26. The number of rotatable bonds is 2. The van der Waals surface area contributed by atoms with Crippen LogP contribution in [0.15, 0.2) is 0 Å². The molecule has 3 N–H and O–H groups in total. The Morgan fingerprint density at radius 3 is 2.46 bits per heavy atom. The number of hydrogen-bond acceptors (Lipinski definition) is 4. The lowest BCUT2D eigenvalue weighted by Gasteiger charge is -2.44. The maximum atomic E-state index is 9.84. The minimum Gasteiger partial charge on any atom is -0.392 e. The fourth-order valence-electron chi connectivity index (χ4n) is 2.38. The van der Waals surface area contributed by atoms with E-state index in [1.54, 1.807) is 0 Å². The van der Waals surface area contributed by atoms with Gasteiger partial charge < -0.3 is 20.5 Å². The second kappa shape index (κ2) is 3.92. The summed E-state index contributed by atoms with van der Waals surface area (Å²) in [6, 6.07) is 0. The Kier molecular flexibility index (Phi) is 2.83. The molecule has 4 nitrogen and oxygen atoms in total. The summed E-state index contributed by atoms with van der Waals surface area (Å²) >= 11 is 0. The molecular formula is C9H18N2O2. The topological polar surface area (TPSA) is 58.7 Å². The number of fused-ring (bicyclic) bond motifs is 2. The number of aliphatic hydroxyl groups is 1. The number of nitrogens with zero attached hydrogens (tertiary/aromatic N) is 1. The smallest absolute Gasteiger partial charge is 0.0665 e. The molecule has 0 aromatic carbocycles. The minimum absolute atomic E-state index is 0.150. The van der Waals surface area contributed by atoms with E-state index in [1.165, 1.54) is 0 Å². The van der Waals surface area contributed by atoms with Gasteiger partial charge in [0.2, 0.25) is 0 Å². The third-order valence-electron chi connectivity index (χ3n) is 3.06. The van der Waals surface area contributed by atoms with Crippen LogP contribution in [-0.4, -0.2) is 55.5 Å². The predicted molar refractivity (Wildman–Crippen MR) is 49.3 cm³/mol. The summed E-state index contributed by atoms with van der Waals surface area (Å²) in [5, 5.41) is 9.84. The van der Waals surface area contributed by atoms with Crippen molar-refractivity contribution in [2.24, 2.45) is 17.6 Å². The number of aliphatic hydroxyl groups excluding tert-OH is 1. The molecule has 0 radical (unpaired) electrons. The van der Waals surface area contributed by atoms with Gasteiger partial charge >= 0.3 is 0 Å². The third kappa shape index (κ3) is 1.86. The summed E-state index contributed by atoms with van der Waals surface area (Å²) < 4.78 is 5.42. The quantitative estimate of drug-likeness (QED) is 0.574. The van der Waals surface area contributed by atoms with Crippen molar-refractivity contribution in [3.63, 3.8) is 0 Å². The molecule has 4 heteroatoms. The highest BCUT2D eigenvalue weighted by Crippen LogP contribution is 2.26. The first kappa shape index (κ1) is 9.40. The van der Waals surface area contributed by atoms with Crippen molar-refractivity contribution in [2.45, 2.75) is 6.10 Å². The third-order valence-corrected chi connectivity index (χ3v) is 3.06. The maximum Gasteiger partial charge on any atom is 0.0665 e. The van der Waals surface area contributed by atoms with Crippen LogP contribution in [-0.2, 0) is 4.74 Å². The summed E-state index contributed by atoms with van der Waals surface area (Å²) in [6.45, 7) is 4.94. The van der Waals surface area contributed by atoms with Gasteiger partial charge in [0.15, 0.2) is 0 Å². The summed E-state index contributed by atoms with van der Waals surface area (Å²) in [5.74, 6) is 0.609. The van der Waals surface area contributed by atoms with Crippen LogP contribution in [0.1, 0.15) is 0 Å². The first-order valence-corrected chi connectivity index (χ1v) is 4.99. The van der Waals surface area contributed by atoms with Crippen molar-refractivity contribution in [3.05, 3.63) is 0 Å². The molecule has 0 aromatic heterocycles. The normalized spacial score (nSPS) is 40.6. The van der Waals surface area contributed by atoms with Crippen LogP contribution in [0, 0.1) is 11.8 Å². The molecule has 2 aliphatic rings. The van der Waals surface area contributed by atoms with Crippen LogP contribution in [0.2, 0.25) is 0 Å². The maximum absolute atomic E-state index is 9.84. The molecular weight excluding hydrogens is 168 g/mol. The zero-order valence-electron chi connectivity index (χ0n) is 7.85. The average molecular weight is 186 g/mol. The molecule has 2 fully saturated rings. The molecule has 2 atom stereocenters. The van der Waals surface area contributed by atoms with Gasteiger partial charge in [0.25, 0.3) is 0 Å². The molecule has 2 aliphatic heterocycles. The summed E-state index contributed by atoms with van der Waals surface area (Å²) in [7, 11) is 0. The lowest BCUT2D eigenvalue weighted by molar-refractivity contribution is -0.123. The summed E-state index contributed by atoms with van der Waals surface area (Å²) in [5.41, 5.74) is 5.51. The van der Waals surface area contributed by atoms with E-state index in [2.05, 4.69) is 4.90 Å². The summed E-state index contributed by atoms with van der Waals surface area (Å²) in [6.07, 6.45) is -0.150. The zero-order valence-corrected chi connectivity index (χ0v) is 7.85. The number of hydrogen-bond donors (Lipinski definition) is 2. The monoisotopic (exact) mass is 186 g/mol. The molecule has 0 spiro atoms. The lowest BCUT2D eigenvalue weighted by atomic mass is 9.85. The average Bonchev–Trinajstić information content (AvgIpc) is 2.07. The van der Waals surface area contributed by atoms with Crippen molar-refractivity contribution < 1.29 is 9.84 Å². The van der Waals surface area contributed by atoms with Crippen LogP contribution in [0.5, 0.6) is 0 Å². The number of ether oxygens (including phenoxy) is 1. The molecule has 2 heterocycles. The van der Waals surface area contributed by atoms with Crippen LogP contribution in [0.25, 0.3) is 0 Å². The van der Waals surface area contributed by atoms with Gasteiger partial charge in [-0.15, -0.1) is 0 Å². The van der Waals surface area contributed by atoms with E-state index >= 15 is 0 Å². The van der Waals surface area contributed by atoms with Gasteiger partial charge in [-0.3, -0.25) is 0 Å². The van der Waals surface area contributed by atoms with E-state index in [4.69, 9.17) is 10.5 Å². The molecule has 2 unspecified atom stereocenters. The molecule has 0 aromatic rings. The van der Waals surface area contributed by atoms with Crippen molar-refractivity contribution in [3.8, 4) is 0 Å². The second-order valence-electron chi connectivity index (χ2n) is 4.10. The van der Waals surface area contributed by atoms with Crippen LogP contribution in [0.3, 0.4) is 0 Å². The fraction of sp³-hybridized carbons (Fsp3) is 1.00. The second-order valence-corrected chi connectivity index (χ2v) is 4.10. The van der Waals surface area contributed by atoms with E-state index in [1.807, 2.05) is 0 Å². The Morgan fingerprint density at radius 1 is 1.31 bits per heavy atom. The van der Waals surface area contributed by atoms with Crippen LogP contribution in [0.4, 0.5) is 0 Å². The molecule has 2 saturated heterocycles. The largest absolute Gasteiger partial charge is 0.392 e. The molecule has 2 bridgehead atoms. The van der Waals surface area contributed by atoms with Crippen LogP contribution >= 0.6 is 0 Å². The minimum atomic E-state index is -0.150. The standard InChI is InChI=1S/C9H18N2O2/c10-1-2-11-3-7-5-13-6-8(4-11)9(7)12/h7-9,12H,1-6,10H2. The Labute approximate surface area is 78.7 Å². The van der Waals surface area contributed by atoms with Crippen molar-refractivity contribution >= 4 is 0 Å². The van der Waals surface area contributed by atoms with Crippen molar-refractivity contribution in [1.82, 2.24) is 4.90 Å². The van der Waals surface area contributed by atoms with E-state index in [9.17, 15) is 5.11 Å². The highest BCUT2D eigenvalue weighted by Gasteiger charge is 2.38. The van der Waals surface area contributed by atoms with E-state index < -0.39 is 0 Å². The molecule has 0 aliphatic carbocycles. The lowest BCUT2D eigenvalue weighted by Crippen LogP contribution is -2.56. The van der Waals surface area contributed by atoms with Gasteiger partial charge in [-0.25, -0.2) is 0 Å². The Bertz CT molecular complexity index is 163. The van der Waals surface area contributed by atoms with Crippen molar-refractivity contribution in [2.75, 3.05) is 39.4 Å². The van der Waals surface area contributed by atoms with E-state index in [-0.39, 0.29) is 6.10 Å². The molecule has 76 valence electrons. The van der Waals surface area contributed by atoms with Gasteiger partial charge in [0.05, 0.1) is 19.3 Å². The molecule has 0 saturated carbocycles. The van der Waals surface area contributed by atoms with Gasteiger partial charge in [0.1, 0.15) is 0 Å². The summed E-state index contributed by atoms with van der Waals surface area (Å²) in [4.78, 5) is 2.34. The first-order chi connectivity index (χ1) is 6.31.